The second-order valence-corrected chi connectivity index (χ2v) is 10.6. The van der Waals surface area contributed by atoms with Gasteiger partial charge in [0.2, 0.25) is 5.91 Å². The van der Waals surface area contributed by atoms with Gasteiger partial charge in [0.1, 0.15) is 0 Å². The van der Waals surface area contributed by atoms with Gasteiger partial charge < -0.3 is 4.90 Å². The summed E-state index contributed by atoms with van der Waals surface area (Å²) in [4.78, 5) is 21.7. The molecule has 0 N–H and O–H groups in total. The van der Waals surface area contributed by atoms with Crippen LogP contribution in [0.1, 0.15) is 18.4 Å². The highest BCUT2D eigenvalue weighted by atomic mass is 35.5. The van der Waals surface area contributed by atoms with Crippen molar-refractivity contribution >= 4 is 54.8 Å². The lowest BCUT2D eigenvalue weighted by Gasteiger charge is -2.22. The second-order valence-electron chi connectivity index (χ2n) is 7.50. The Morgan fingerprint density at radius 2 is 1.74 bits per heavy atom. The number of nitrogens with zero attached hydrogens (tertiary/aromatic N) is 3. The number of rotatable bonds is 9. The minimum Gasteiger partial charge on any atom is -0.308 e. The third-order valence-corrected chi connectivity index (χ3v) is 7.68. The molecule has 3 rings (SSSR count). The van der Waals surface area contributed by atoms with Crippen molar-refractivity contribution in [1.29, 1.82) is 0 Å². The zero-order chi connectivity index (χ0) is 21.7. The van der Waals surface area contributed by atoms with E-state index in [-0.39, 0.29) is 36.9 Å². The van der Waals surface area contributed by atoms with Gasteiger partial charge in [0.25, 0.3) is 0 Å². The van der Waals surface area contributed by atoms with E-state index in [0.717, 1.165) is 15.8 Å². The van der Waals surface area contributed by atoms with Crippen LogP contribution >= 0.6 is 23.7 Å². The molecular weight excluding hydrogens is 454 g/mol. The molecule has 0 bridgehead atoms. The quantitative estimate of drug-likeness (QED) is 0.458. The first-order chi connectivity index (χ1) is 14.3. The van der Waals surface area contributed by atoms with E-state index >= 15 is 0 Å². The number of hydrogen-bond donors (Lipinski definition) is 0. The van der Waals surface area contributed by atoms with E-state index in [9.17, 15) is 13.2 Å². The number of carbonyl (C=O) groups is 1. The Bertz CT molecular complexity index is 1120. The average molecular weight is 482 g/mol. The Labute approximate surface area is 194 Å². The average Bonchev–Trinajstić information content (AvgIpc) is 3.14. The summed E-state index contributed by atoms with van der Waals surface area (Å²) < 4.78 is 26.0. The van der Waals surface area contributed by atoms with Crippen LogP contribution in [-0.4, -0.2) is 57.1 Å². The number of anilines is 1. The van der Waals surface area contributed by atoms with Gasteiger partial charge in [-0.3, -0.25) is 9.69 Å². The predicted molar refractivity (Wildman–Crippen MR) is 130 cm³/mol. The van der Waals surface area contributed by atoms with E-state index in [1.807, 2.05) is 44.1 Å². The molecule has 0 spiro atoms. The molecule has 0 aliphatic heterocycles. The number of thiazole rings is 1. The monoisotopic (exact) mass is 481 g/mol. The Hall–Kier alpha value is -2.00. The number of likely N-dealkylation sites (N-methyl/N-ethyl adjacent to an activating group) is 1. The van der Waals surface area contributed by atoms with Gasteiger partial charge in [0, 0.05) is 19.5 Å². The first kappa shape index (κ1) is 25.3. The molecule has 0 fully saturated rings. The van der Waals surface area contributed by atoms with Crippen molar-refractivity contribution in [1.82, 2.24) is 9.88 Å². The SMILES string of the molecule is Cc1cccc2sc(N(CCN(C)C)C(=O)CCCS(=O)(=O)c3ccccc3)nc12.Cl. The summed E-state index contributed by atoms with van der Waals surface area (Å²) >= 11 is 1.49. The van der Waals surface area contributed by atoms with Gasteiger partial charge in [-0.15, -0.1) is 12.4 Å². The molecule has 0 unspecified atom stereocenters. The number of amides is 1. The van der Waals surface area contributed by atoms with Crippen molar-refractivity contribution in [3.8, 4) is 0 Å². The van der Waals surface area contributed by atoms with Crippen LogP contribution in [0.5, 0.6) is 0 Å². The fourth-order valence-electron chi connectivity index (χ4n) is 3.11. The lowest BCUT2D eigenvalue weighted by molar-refractivity contribution is -0.118. The fraction of sp³-hybridized carbons (Fsp3) is 0.364. The number of fused-ring (bicyclic) bond motifs is 1. The molecule has 1 heterocycles. The largest absolute Gasteiger partial charge is 0.308 e. The highest BCUT2D eigenvalue weighted by molar-refractivity contribution is 7.91. The van der Waals surface area contributed by atoms with Crippen LogP contribution in [0.25, 0.3) is 10.2 Å². The van der Waals surface area contributed by atoms with Gasteiger partial charge in [-0.1, -0.05) is 41.7 Å². The number of aryl methyl sites for hydroxylation is 1. The van der Waals surface area contributed by atoms with Crippen molar-refractivity contribution < 1.29 is 13.2 Å². The maximum absolute atomic E-state index is 13.0. The van der Waals surface area contributed by atoms with Crippen molar-refractivity contribution in [3.63, 3.8) is 0 Å². The van der Waals surface area contributed by atoms with Crippen LogP contribution < -0.4 is 4.90 Å². The van der Waals surface area contributed by atoms with E-state index < -0.39 is 9.84 Å². The molecule has 6 nitrogen and oxygen atoms in total. The van der Waals surface area contributed by atoms with Gasteiger partial charge in [0.15, 0.2) is 15.0 Å². The van der Waals surface area contributed by atoms with Gasteiger partial charge in [-0.2, -0.15) is 0 Å². The molecule has 2 aromatic carbocycles. The van der Waals surface area contributed by atoms with Crippen LogP contribution in [0, 0.1) is 6.92 Å². The molecule has 0 radical (unpaired) electrons. The van der Waals surface area contributed by atoms with Crippen molar-refractivity contribution in [2.75, 3.05) is 37.8 Å². The minimum atomic E-state index is -3.39. The number of sulfone groups is 1. The molecule has 0 saturated heterocycles. The highest BCUT2D eigenvalue weighted by Gasteiger charge is 2.21. The summed E-state index contributed by atoms with van der Waals surface area (Å²) in [5.41, 5.74) is 1.98. The number of para-hydroxylation sites is 1. The molecule has 168 valence electrons. The number of halogens is 1. The molecule has 1 amide bonds. The normalized spacial score (nSPS) is 11.5. The summed E-state index contributed by atoms with van der Waals surface area (Å²) in [5, 5.41) is 0.664. The third-order valence-electron chi connectivity index (χ3n) is 4.82. The molecule has 1 aromatic heterocycles. The molecule has 0 atom stereocenters. The topological polar surface area (TPSA) is 70.6 Å². The summed E-state index contributed by atoms with van der Waals surface area (Å²) in [6, 6.07) is 14.4. The summed E-state index contributed by atoms with van der Waals surface area (Å²) in [5.74, 6) is -0.153. The molecule has 31 heavy (non-hydrogen) atoms. The Morgan fingerprint density at radius 1 is 1.03 bits per heavy atom. The number of hydrogen-bond acceptors (Lipinski definition) is 6. The van der Waals surface area contributed by atoms with E-state index in [0.29, 0.717) is 23.1 Å². The smallest absolute Gasteiger partial charge is 0.228 e. The third kappa shape index (κ3) is 6.49. The van der Waals surface area contributed by atoms with Crippen molar-refractivity contribution in [3.05, 3.63) is 54.1 Å². The van der Waals surface area contributed by atoms with Crippen molar-refractivity contribution in [2.24, 2.45) is 0 Å². The maximum Gasteiger partial charge on any atom is 0.228 e. The second kappa shape index (κ2) is 11.0. The van der Waals surface area contributed by atoms with Gasteiger partial charge >= 0.3 is 0 Å². The van der Waals surface area contributed by atoms with Gasteiger partial charge in [0.05, 0.1) is 20.9 Å². The number of carbonyl (C=O) groups excluding carboxylic acids is 1. The minimum absolute atomic E-state index is 0. The zero-order valence-corrected chi connectivity index (χ0v) is 20.4. The van der Waals surface area contributed by atoms with Crippen LogP contribution in [0.15, 0.2) is 53.4 Å². The van der Waals surface area contributed by atoms with Gasteiger partial charge in [-0.25, -0.2) is 13.4 Å². The molecule has 9 heteroatoms. The number of benzene rings is 2. The van der Waals surface area contributed by atoms with Crippen LogP contribution in [0.2, 0.25) is 0 Å². The fourth-order valence-corrected chi connectivity index (χ4v) is 5.53. The Morgan fingerprint density at radius 3 is 2.39 bits per heavy atom. The zero-order valence-electron chi connectivity index (χ0n) is 17.9. The van der Waals surface area contributed by atoms with Crippen molar-refractivity contribution in [2.45, 2.75) is 24.7 Å². The molecule has 3 aromatic rings. The summed E-state index contributed by atoms with van der Waals surface area (Å²) in [7, 11) is 0.522. The van der Waals surface area contributed by atoms with Crippen LogP contribution in [-0.2, 0) is 14.6 Å². The lowest BCUT2D eigenvalue weighted by atomic mass is 10.2. The van der Waals surface area contributed by atoms with Gasteiger partial charge in [-0.05, 0) is 51.2 Å². The standard InChI is InChI=1S/C22H27N3O3S2.ClH/c1-17-9-7-12-19-21(17)23-22(29-19)25(15-14-24(2)3)20(26)13-8-16-30(27,28)18-10-5-4-6-11-18;/h4-7,9-12H,8,13-16H2,1-3H3;1H. The maximum atomic E-state index is 13.0. The lowest BCUT2D eigenvalue weighted by Crippen LogP contribution is -2.36. The number of aromatic nitrogens is 1. The molecule has 0 aliphatic rings. The summed E-state index contributed by atoms with van der Waals surface area (Å²) in [6.07, 6.45) is 0.437. The Kier molecular flexibility index (Phi) is 9.00. The first-order valence-electron chi connectivity index (χ1n) is 9.87. The van der Waals surface area contributed by atoms with E-state index in [1.54, 1.807) is 35.2 Å². The van der Waals surface area contributed by atoms with Crippen LogP contribution in [0.4, 0.5) is 5.13 Å². The first-order valence-corrected chi connectivity index (χ1v) is 12.3. The van der Waals surface area contributed by atoms with E-state index in [4.69, 9.17) is 4.98 Å². The molecule has 0 aliphatic carbocycles. The Balaban J connectivity index is 0.00000341. The molecule has 0 saturated carbocycles. The highest BCUT2D eigenvalue weighted by Crippen LogP contribution is 2.31. The van der Waals surface area contributed by atoms with Crippen LogP contribution in [0.3, 0.4) is 0 Å². The van der Waals surface area contributed by atoms with E-state index in [2.05, 4.69) is 0 Å². The van der Waals surface area contributed by atoms with E-state index in [1.165, 1.54) is 11.3 Å². The predicted octanol–water partition coefficient (Wildman–Crippen LogP) is 4.18. The molecular formula is C22H28ClN3O3S2. The summed E-state index contributed by atoms with van der Waals surface area (Å²) in [6.45, 7) is 3.21.